The van der Waals surface area contributed by atoms with Gasteiger partial charge in [0.1, 0.15) is 23.4 Å². The lowest BCUT2D eigenvalue weighted by Gasteiger charge is -2.38. The molecule has 0 radical (unpaired) electrons. The minimum Gasteiger partial charge on any atom is -0.457 e. The van der Waals surface area contributed by atoms with E-state index in [0.717, 1.165) is 22.7 Å². The number of halogens is 1. The normalized spacial score (nSPS) is 16.7. The Balaban J connectivity index is 1.71. The van der Waals surface area contributed by atoms with Gasteiger partial charge in [0, 0.05) is 36.2 Å². The molecule has 1 aliphatic rings. The first kappa shape index (κ1) is 24.3. The van der Waals surface area contributed by atoms with Gasteiger partial charge in [-0.25, -0.2) is 0 Å². The van der Waals surface area contributed by atoms with Gasteiger partial charge in [0.25, 0.3) is 5.91 Å². The summed E-state index contributed by atoms with van der Waals surface area (Å²) in [6.07, 6.45) is 0. The van der Waals surface area contributed by atoms with Gasteiger partial charge in [-0.15, -0.1) is 22.9 Å². The summed E-state index contributed by atoms with van der Waals surface area (Å²) in [7, 11) is 0. The fourth-order valence-electron chi connectivity index (χ4n) is 4.18. The lowest BCUT2D eigenvalue weighted by Crippen LogP contribution is -2.55. The van der Waals surface area contributed by atoms with Gasteiger partial charge in [0.15, 0.2) is 0 Å². The second-order valence-electron chi connectivity index (χ2n) is 8.32. The second-order valence-corrected chi connectivity index (χ2v) is 9.56. The number of carbonyl (C=O) groups is 2. The summed E-state index contributed by atoms with van der Waals surface area (Å²) in [5.74, 6) is 0.729. The molecule has 2 amide bonds. The molecule has 2 atom stereocenters. The largest absolute Gasteiger partial charge is 0.457 e. The molecule has 0 unspecified atom stereocenters. The number of rotatable bonds is 7. The zero-order valence-corrected chi connectivity index (χ0v) is 20.8. The molecule has 178 valence electrons. The number of aryl methyl sites for hydroxylation is 1. The van der Waals surface area contributed by atoms with E-state index in [4.69, 9.17) is 16.3 Å². The van der Waals surface area contributed by atoms with Crippen molar-refractivity contribution < 1.29 is 14.3 Å². The third kappa shape index (κ3) is 5.43. The molecule has 8 heteroatoms. The van der Waals surface area contributed by atoms with Gasteiger partial charge >= 0.3 is 0 Å². The Labute approximate surface area is 209 Å². The smallest absolute Gasteiger partial charge is 0.251 e. The molecule has 4 rings (SSSR count). The molecule has 3 aromatic rings. The van der Waals surface area contributed by atoms with E-state index in [1.54, 1.807) is 4.90 Å². The summed E-state index contributed by atoms with van der Waals surface area (Å²) in [5.41, 5.74) is 1.45. The number of hydrogen-bond acceptors (Lipinski definition) is 5. The average molecular weight is 498 g/mol. The fourth-order valence-corrected chi connectivity index (χ4v) is 5.12. The SMILES string of the molecule is Cc1cc(Oc2ccccc2)ccc1N(C(=O)CCl)[C@@H](C(=O)N1CCN[C@@H](C)C1)c1cccs1. The first-order valence-electron chi connectivity index (χ1n) is 11.2. The number of alkyl halides is 1. The number of amides is 2. The molecule has 1 saturated heterocycles. The van der Waals surface area contributed by atoms with E-state index in [1.807, 2.05) is 77.9 Å². The van der Waals surface area contributed by atoms with Gasteiger partial charge in [-0.1, -0.05) is 24.3 Å². The molecule has 1 fully saturated rings. The van der Waals surface area contributed by atoms with Gasteiger partial charge in [-0.05, 0) is 61.2 Å². The number of hydrogen-bond donors (Lipinski definition) is 1. The Hall–Kier alpha value is -2.87. The van der Waals surface area contributed by atoms with Gasteiger partial charge in [-0.3, -0.25) is 14.5 Å². The highest BCUT2D eigenvalue weighted by atomic mass is 35.5. The van der Waals surface area contributed by atoms with Gasteiger partial charge < -0.3 is 15.0 Å². The van der Waals surface area contributed by atoms with Gasteiger partial charge in [0.05, 0.1) is 0 Å². The van der Waals surface area contributed by atoms with E-state index in [9.17, 15) is 9.59 Å². The topological polar surface area (TPSA) is 61.9 Å². The molecule has 1 aliphatic heterocycles. The molecule has 0 saturated carbocycles. The zero-order chi connectivity index (χ0) is 24.1. The minimum atomic E-state index is -0.781. The van der Waals surface area contributed by atoms with E-state index in [1.165, 1.54) is 11.3 Å². The highest BCUT2D eigenvalue weighted by Crippen LogP contribution is 2.36. The van der Waals surface area contributed by atoms with E-state index < -0.39 is 6.04 Å². The number of anilines is 1. The maximum absolute atomic E-state index is 13.8. The van der Waals surface area contributed by atoms with Crippen LogP contribution in [0.3, 0.4) is 0 Å². The Bertz CT molecular complexity index is 1120. The summed E-state index contributed by atoms with van der Waals surface area (Å²) in [5, 5.41) is 5.28. The van der Waals surface area contributed by atoms with E-state index in [0.29, 0.717) is 24.5 Å². The zero-order valence-electron chi connectivity index (χ0n) is 19.2. The predicted octanol–water partition coefficient (Wildman–Crippen LogP) is 4.98. The summed E-state index contributed by atoms with van der Waals surface area (Å²) < 4.78 is 5.96. The van der Waals surface area contributed by atoms with Crippen molar-refractivity contribution in [2.24, 2.45) is 0 Å². The standard InChI is InChI=1S/C26H28ClN3O3S/c1-18-15-21(33-20-7-4-3-5-8-20)10-11-22(18)30(24(31)16-27)25(23-9-6-14-34-23)26(32)29-13-12-28-19(2)17-29/h3-11,14-15,19,25,28H,12-13,16-17H2,1-2H3/t19-,25+/m0/s1. The lowest BCUT2D eigenvalue weighted by atomic mass is 10.1. The number of benzene rings is 2. The van der Waals surface area contributed by atoms with E-state index in [2.05, 4.69) is 12.2 Å². The monoisotopic (exact) mass is 497 g/mol. The van der Waals surface area contributed by atoms with Crippen LogP contribution in [0.5, 0.6) is 11.5 Å². The minimum absolute atomic E-state index is 0.0988. The molecule has 0 spiro atoms. The van der Waals surface area contributed by atoms with Crippen molar-refractivity contribution >= 4 is 40.4 Å². The number of ether oxygens (including phenoxy) is 1. The van der Waals surface area contributed by atoms with Gasteiger partial charge in [0.2, 0.25) is 5.91 Å². The number of piperazine rings is 1. The Morgan fingerprint density at radius 1 is 1.18 bits per heavy atom. The van der Waals surface area contributed by atoms with Crippen molar-refractivity contribution in [3.63, 3.8) is 0 Å². The van der Waals surface area contributed by atoms with Crippen LogP contribution in [0.15, 0.2) is 66.0 Å². The molecule has 1 N–H and O–H groups in total. The molecule has 2 heterocycles. The maximum atomic E-state index is 13.8. The van der Waals surface area contributed by atoms with Crippen molar-refractivity contribution in [3.8, 4) is 11.5 Å². The van der Waals surface area contributed by atoms with E-state index >= 15 is 0 Å². The highest BCUT2D eigenvalue weighted by Gasteiger charge is 2.37. The molecule has 34 heavy (non-hydrogen) atoms. The second kappa shape index (κ2) is 11.0. The van der Waals surface area contributed by atoms with Crippen molar-refractivity contribution in [2.75, 3.05) is 30.4 Å². The number of thiophene rings is 1. The maximum Gasteiger partial charge on any atom is 0.251 e. The van der Waals surface area contributed by atoms with Crippen LogP contribution in [0.25, 0.3) is 0 Å². The third-order valence-electron chi connectivity index (χ3n) is 5.77. The van der Waals surface area contributed by atoms with Crippen LogP contribution < -0.4 is 15.0 Å². The Morgan fingerprint density at radius 2 is 1.97 bits per heavy atom. The van der Waals surface area contributed by atoms with E-state index in [-0.39, 0.29) is 23.7 Å². The first-order valence-corrected chi connectivity index (χ1v) is 12.7. The van der Waals surface area contributed by atoms with Crippen LogP contribution in [0.1, 0.15) is 23.4 Å². The molecule has 0 bridgehead atoms. The summed E-state index contributed by atoms with van der Waals surface area (Å²) in [4.78, 5) is 31.2. The predicted molar refractivity (Wildman–Crippen MR) is 137 cm³/mol. The Morgan fingerprint density at radius 3 is 2.62 bits per heavy atom. The van der Waals surface area contributed by atoms with Crippen LogP contribution in [-0.2, 0) is 9.59 Å². The molecule has 1 aromatic heterocycles. The number of nitrogens with zero attached hydrogens (tertiary/aromatic N) is 2. The molecular formula is C26H28ClN3O3S. The van der Waals surface area contributed by atoms with Gasteiger partial charge in [-0.2, -0.15) is 0 Å². The Kier molecular flexibility index (Phi) is 7.88. The quantitative estimate of drug-likeness (QED) is 0.467. The first-order chi connectivity index (χ1) is 16.5. The van der Waals surface area contributed by atoms with Crippen LogP contribution in [0.4, 0.5) is 5.69 Å². The highest BCUT2D eigenvalue weighted by molar-refractivity contribution is 7.10. The van der Waals surface area contributed by atoms with Crippen LogP contribution in [-0.4, -0.2) is 48.3 Å². The van der Waals surface area contributed by atoms with Crippen molar-refractivity contribution in [1.82, 2.24) is 10.2 Å². The van der Waals surface area contributed by atoms with Crippen LogP contribution in [0.2, 0.25) is 0 Å². The number of carbonyl (C=O) groups excluding carboxylic acids is 2. The molecule has 0 aliphatic carbocycles. The van der Waals surface area contributed by atoms with Crippen molar-refractivity contribution in [1.29, 1.82) is 0 Å². The van der Waals surface area contributed by atoms with Crippen LogP contribution in [0, 0.1) is 6.92 Å². The average Bonchev–Trinajstić information content (AvgIpc) is 3.37. The summed E-state index contributed by atoms with van der Waals surface area (Å²) in [6.45, 7) is 5.86. The fraction of sp³-hybridized carbons (Fsp3) is 0.308. The molecule has 2 aromatic carbocycles. The summed E-state index contributed by atoms with van der Waals surface area (Å²) >= 11 is 7.52. The third-order valence-corrected chi connectivity index (χ3v) is 6.93. The van der Waals surface area contributed by atoms with Crippen molar-refractivity contribution in [2.45, 2.75) is 25.9 Å². The van der Waals surface area contributed by atoms with Crippen LogP contribution >= 0.6 is 22.9 Å². The lowest BCUT2D eigenvalue weighted by molar-refractivity contribution is -0.135. The number of para-hydroxylation sites is 1. The number of nitrogens with one attached hydrogen (secondary N) is 1. The molecule has 6 nitrogen and oxygen atoms in total. The summed E-state index contributed by atoms with van der Waals surface area (Å²) in [6, 6.07) is 18.2. The molecular weight excluding hydrogens is 470 g/mol. The van der Waals surface area contributed by atoms with Crippen molar-refractivity contribution in [3.05, 3.63) is 76.5 Å².